The van der Waals surface area contributed by atoms with Crippen LogP contribution in [0.2, 0.25) is 0 Å². The minimum atomic E-state index is -0.408. The molecule has 1 atom stereocenters. The summed E-state index contributed by atoms with van der Waals surface area (Å²) in [6, 6.07) is 12.0. The first kappa shape index (κ1) is 17.9. The van der Waals surface area contributed by atoms with Crippen LogP contribution in [-0.4, -0.2) is 33.7 Å². The van der Waals surface area contributed by atoms with Gasteiger partial charge in [0.2, 0.25) is 5.91 Å². The fourth-order valence-corrected chi connectivity index (χ4v) is 3.75. The van der Waals surface area contributed by atoms with E-state index in [2.05, 4.69) is 41.7 Å². The average Bonchev–Trinajstić information content (AvgIpc) is 3.41. The molecule has 0 saturated carbocycles. The summed E-state index contributed by atoms with van der Waals surface area (Å²) < 4.78 is 20.7. The van der Waals surface area contributed by atoms with E-state index >= 15 is 0 Å². The quantitative estimate of drug-likeness (QED) is 0.430. The average molecular weight is 456 g/mol. The van der Waals surface area contributed by atoms with Crippen molar-refractivity contribution in [2.75, 3.05) is 11.9 Å². The molecule has 2 aromatic heterocycles. The van der Waals surface area contributed by atoms with Crippen molar-refractivity contribution >= 4 is 38.8 Å². The Hall–Kier alpha value is -3.20. The van der Waals surface area contributed by atoms with Crippen molar-refractivity contribution in [3.8, 4) is 22.7 Å². The number of H-pyrrole nitrogens is 1. The number of aromatic nitrogens is 3. The normalized spacial score (nSPS) is 16.3. The van der Waals surface area contributed by atoms with Crippen molar-refractivity contribution in [2.45, 2.75) is 12.5 Å². The van der Waals surface area contributed by atoms with E-state index in [1.165, 1.54) is 12.1 Å². The molecule has 7 nitrogen and oxygen atoms in total. The van der Waals surface area contributed by atoms with Crippen molar-refractivity contribution in [1.82, 2.24) is 20.5 Å². The fraction of sp³-hybridized carbons (Fsp3) is 0.150. The fourth-order valence-electron chi connectivity index (χ4n) is 3.48. The van der Waals surface area contributed by atoms with Gasteiger partial charge in [-0.25, -0.2) is 4.39 Å². The predicted octanol–water partition coefficient (Wildman–Crippen LogP) is 4.09. The van der Waals surface area contributed by atoms with Crippen LogP contribution in [0.25, 0.3) is 33.6 Å². The van der Waals surface area contributed by atoms with Crippen molar-refractivity contribution in [3.63, 3.8) is 0 Å². The molecule has 0 spiro atoms. The summed E-state index contributed by atoms with van der Waals surface area (Å²) in [4.78, 5) is 15.1. The van der Waals surface area contributed by atoms with E-state index in [9.17, 15) is 9.18 Å². The van der Waals surface area contributed by atoms with Crippen LogP contribution in [-0.2, 0) is 4.79 Å². The highest BCUT2D eigenvalue weighted by Crippen LogP contribution is 2.38. The van der Waals surface area contributed by atoms with E-state index in [1.54, 1.807) is 6.07 Å². The first-order valence-electron chi connectivity index (χ1n) is 9.04. The highest BCUT2D eigenvalue weighted by atomic mass is 79.9. The molecule has 3 heterocycles. The molecule has 1 aliphatic heterocycles. The van der Waals surface area contributed by atoms with Gasteiger partial charge in [0.1, 0.15) is 11.9 Å². The van der Waals surface area contributed by atoms with Gasteiger partial charge in [-0.15, -0.1) is 5.10 Å². The van der Waals surface area contributed by atoms with Gasteiger partial charge in [-0.05, 0) is 42.3 Å². The molecule has 1 aliphatic rings. The molecule has 1 fully saturated rings. The number of rotatable bonds is 4. The maximum Gasteiger partial charge on any atom is 0.316 e. The van der Waals surface area contributed by atoms with E-state index in [4.69, 9.17) is 4.42 Å². The number of fused-ring (bicyclic) bond motifs is 1. The lowest BCUT2D eigenvalue weighted by molar-refractivity contribution is -0.119. The second-order valence-corrected chi connectivity index (χ2v) is 7.68. The number of anilines is 1. The van der Waals surface area contributed by atoms with E-state index in [1.807, 2.05) is 24.3 Å². The van der Waals surface area contributed by atoms with Crippen LogP contribution >= 0.6 is 15.9 Å². The number of hydrogen-bond acceptors (Lipinski definition) is 5. The number of carbonyl (C=O) groups is 1. The van der Waals surface area contributed by atoms with Gasteiger partial charge in [-0.2, -0.15) is 0 Å². The third-order valence-corrected chi connectivity index (χ3v) is 5.41. The van der Waals surface area contributed by atoms with Crippen LogP contribution in [0, 0.1) is 5.82 Å². The molecule has 146 valence electrons. The van der Waals surface area contributed by atoms with Gasteiger partial charge in [0.15, 0.2) is 0 Å². The molecule has 4 aromatic rings. The zero-order valence-electron chi connectivity index (χ0n) is 15.0. The summed E-state index contributed by atoms with van der Waals surface area (Å²) >= 11 is 3.43. The molecule has 3 N–H and O–H groups in total. The van der Waals surface area contributed by atoms with Crippen molar-refractivity contribution in [2.24, 2.45) is 0 Å². The first-order chi connectivity index (χ1) is 14.1. The summed E-state index contributed by atoms with van der Waals surface area (Å²) in [6.07, 6.45) is 0.638. The second-order valence-electron chi connectivity index (χ2n) is 6.76. The molecule has 0 aliphatic carbocycles. The Morgan fingerprint density at radius 1 is 1.17 bits per heavy atom. The lowest BCUT2D eigenvalue weighted by Crippen LogP contribution is -2.29. The zero-order valence-corrected chi connectivity index (χ0v) is 16.6. The number of carbonyl (C=O) groups excluding carboxylic acids is 1. The zero-order chi connectivity index (χ0) is 20.0. The van der Waals surface area contributed by atoms with Crippen molar-refractivity contribution in [3.05, 3.63) is 52.8 Å². The van der Waals surface area contributed by atoms with Crippen molar-refractivity contribution in [1.29, 1.82) is 0 Å². The van der Waals surface area contributed by atoms with Crippen LogP contribution in [0.3, 0.4) is 0 Å². The van der Waals surface area contributed by atoms with Crippen LogP contribution < -0.4 is 10.6 Å². The minimum absolute atomic E-state index is 0.102. The molecule has 0 bridgehead atoms. The molecule has 1 saturated heterocycles. The molecule has 0 unspecified atom stereocenters. The molecule has 5 rings (SSSR count). The van der Waals surface area contributed by atoms with Gasteiger partial charge in [-0.1, -0.05) is 33.2 Å². The number of nitrogens with zero attached hydrogens (tertiary/aromatic N) is 2. The van der Waals surface area contributed by atoms with E-state index in [0.717, 1.165) is 21.2 Å². The largest absolute Gasteiger partial charge is 0.403 e. The summed E-state index contributed by atoms with van der Waals surface area (Å²) in [6.45, 7) is 0.604. The monoisotopic (exact) mass is 455 g/mol. The number of nitrogens with one attached hydrogen (secondary N) is 3. The highest BCUT2D eigenvalue weighted by molar-refractivity contribution is 9.10. The topological polar surface area (TPSA) is 95.8 Å². The Labute approximate surface area is 172 Å². The van der Waals surface area contributed by atoms with E-state index in [0.29, 0.717) is 23.9 Å². The van der Waals surface area contributed by atoms with E-state index in [-0.39, 0.29) is 23.6 Å². The number of halogens is 2. The Morgan fingerprint density at radius 2 is 2.00 bits per heavy atom. The number of aromatic amines is 1. The standard InChI is InChI=1S/C20H15BrFN5O2/c21-11-3-1-10(2-4-11)17-16(13-9-12(22)5-6-14(13)24-17)19-26-27-20(29-19)25-15-7-8-23-18(15)28/h1-6,9,15,24H,7-8H2,(H,23,28)(H,25,27)/t15-/m0/s1. The number of benzene rings is 2. The molecule has 9 heteroatoms. The molecule has 29 heavy (non-hydrogen) atoms. The van der Waals surface area contributed by atoms with Crippen molar-refractivity contribution < 1.29 is 13.6 Å². The van der Waals surface area contributed by atoms with Gasteiger partial charge in [-0.3, -0.25) is 4.79 Å². The SMILES string of the molecule is O=C1NCC[C@@H]1Nc1nnc(-c2c(-c3ccc(Br)cc3)[nH]c3ccc(F)cc23)o1. The molecular weight excluding hydrogens is 441 g/mol. The third kappa shape index (κ3) is 3.27. The Kier molecular flexibility index (Phi) is 4.31. The third-order valence-electron chi connectivity index (χ3n) is 4.88. The maximum absolute atomic E-state index is 14.0. The minimum Gasteiger partial charge on any atom is -0.403 e. The van der Waals surface area contributed by atoms with Gasteiger partial charge in [0.25, 0.3) is 5.89 Å². The molecular formula is C20H15BrFN5O2. The van der Waals surface area contributed by atoms with Gasteiger partial charge in [0.05, 0.1) is 11.3 Å². The summed E-state index contributed by atoms with van der Waals surface area (Å²) in [5, 5.41) is 14.5. The molecule has 0 radical (unpaired) electrons. The highest BCUT2D eigenvalue weighted by Gasteiger charge is 2.26. The van der Waals surface area contributed by atoms with Crippen LogP contribution in [0.5, 0.6) is 0 Å². The van der Waals surface area contributed by atoms with Gasteiger partial charge < -0.3 is 20.0 Å². The van der Waals surface area contributed by atoms with Crippen LogP contribution in [0.15, 0.2) is 51.4 Å². The number of hydrogen-bond donors (Lipinski definition) is 3. The van der Waals surface area contributed by atoms with Gasteiger partial charge in [0, 0.05) is 21.9 Å². The molecule has 1 amide bonds. The number of amides is 1. The summed E-state index contributed by atoms with van der Waals surface area (Å²) in [5.41, 5.74) is 3.00. The maximum atomic E-state index is 14.0. The Bertz CT molecular complexity index is 1220. The second kappa shape index (κ2) is 7.00. The van der Waals surface area contributed by atoms with Gasteiger partial charge >= 0.3 is 6.01 Å². The predicted molar refractivity (Wildman–Crippen MR) is 110 cm³/mol. The Balaban J connectivity index is 1.61. The summed E-state index contributed by atoms with van der Waals surface area (Å²) in [7, 11) is 0. The summed E-state index contributed by atoms with van der Waals surface area (Å²) in [5.74, 6) is -0.226. The lowest BCUT2D eigenvalue weighted by Gasteiger charge is -2.06. The molecule has 2 aromatic carbocycles. The smallest absolute Gasteiger partial charge is 0.316 e. The van der Waals surface area contributed by atoms with Crippen LogP contribution in [0.4, 0.5) is 10.4 Å². The first-order valence-corrected chi connectivity index (χ1v) is 9.83. The Morgan fingerprint density at radius 3 is 2.76 bits per heavy atom. The van der Waals surface area contributed by atoms with E-state index < -0.39 is 6.04 Å². The van der Waals surface area contributed by atoms with Crippen LogP contribution in [0.1, 0.15) is 6.42 Å². The lowest BCUT2D eigenvalue weighted by atomic mass is 10.1.